The quantitative estimate of drug-likeness (QED) is 0.909. The molecule has 0 saturated heterocycles. The fourth-order valence-corrected chi connectivity index (χ4v) is 3.12. The average Bonchev–Trinajstić information content (AvgIpc) is 2.80. The fourth-order valence-electron chi connectivity index (χ4n) is 3.00. The van der Waals surface area contributed by atoms with Gasteiger partial charge in [0.05, 0.1) is 5.69 Å². The number of hydrazine groups is 1. The van der Waals surface area contributed by atoms with Gasteiger partial charge in [-0.05, 0) is 49.9 Å². The van der Waals surface area contributed by atoms with Crippen LogP contribution in [-0.4, -0.2) is 17.3 Å². The van der Waals surface area contributed by atoms with Crippen LogP contribution in [0.1, 0.15) is 39.0 Å². The number of hydrogen-bond donors (Lipinski definition) is 1. The number of halogens is 1. The number of nitrogens with zero attached hydrogens (tertiary/aromatic N) is 2. The lowest BCUT2D eigenvalue weighted by atomic mass is 9.89. The van der Waals surface area contributed by atoms with Crippen molar-refractivity contribution in [1.82, 2.24) is 5.43 Å². The molecule has 1 heterocycles. The summed E-state index contributed by atoms with van der Waals surface area (Å²) in [6, 6.07) is 7.65. The first kappa shape index (κ1) is 13.4. The molecule has 4 nitrogen and oxygen atoms in total. The van der Waals surface area contributed by atoms with Gasteiger partial charge < -0.3 is 0 Å². The number of carbonyl (C=O) groups is 1. The van der Waals surface area contributed by atoms with Crippen molar-refractivity contribution in [3.8, 4) is 0 Å². The van der Waals surface area contributed by atoms with Crippen LogP contribution in [0.4, 0.5) is 5.69 Å². The highest BCUT2D eigenvalue weighted by molar-refractivity contribution is 6.38. The number of benzene rings is 1. The topological polar surface area (TPSA) is 44.7 Å². The van der Waals surface area contributed by atoms with Crippen molar-refractivity contribution < 1.29 is 4.79 Å². The third-order valence-corrected chi connectivity index (χ3v) is 4.28. The van der Waals surface area contributed by atoms with Crippen LogP contribution in [0.3, 0.4) is 0 Å². The first-order valence-corrected chi connectivity index (χ1v) is 7.42. The summed E-state index contributed by atoms with van der Waals surface area (Å²) in [6.45, 7) is 1.55. The van der Waals surface area contributed by atoms with Gasteiger partial charge in [-0.15, -0.1) is 0 Å². The summed E-state index contributed by atoms with van der Waals surface area (Å²) in [7, 11) is 0. The van der Waals surface area contributed by atoms with Crippen molar-refractivity contribution in [3.63, 3.8) is 0 Å². The molecule has 2 aliphatic rings. The number of carbonyl (C=O) groups excluding carboxylic acids is 1. The number of rotatable bonds is 2. The zero-order valence-corrected chi connectivity index (χ0v) is 12.3. The molecular formula is C15H18ClN3O. The Hall–Kier alpha value is -1.55. The van der Waals surface area contributed by atoms with Gasteiger partial charge >= 0.3 is 0 Å². The number of aliphatic imine (C=N–C) groups is 1. The summed E-state index contributed by atoms with van der Waals surface area (Å²) in [4.78, 5) is 16.4. The van der Waals surface area contributed by atoms with E-state index in [2.05, 4.69) is 5.43 Å². The molecular weight excluding hydrogens is 274 g/mol. The molecule has 1 N–H and O–H groups in total. The molecule has 0 atom stereocenters. The number of anilines is 1. The van der Waals surface area contributed by atoms with Crippen molar-refractivity contribution in [2.45, 2.75) is 44.7 Å². The van der Waals surface area contributed by atoms with Crippen molar-refractivity contribution in [3.05, 3.63) is 29.3 Å². The second-order valence-corrected chi connectivity index (χ2v) is 5.92. The summed E-state index contributed by atoms with van der Waals surface area (Å²) >= 11 is 5.95. The maximum Gasteiger partial charge on any atom is 0.196 e. The van der Waals surface area contributed by atoms with Crippen LogP contribution < -0.4 is 10.4 Å². The van der Waals surface area contributed by atoms with E-state index >= 15 is 0 Å². The largest absolute Gasteiger partial charge is 0.291 e. The normalized spacial score (nSPS) is 20.7. The first-order valence-electron chi connectivity index (χ1n) is 7.04. The summed E-state index contributed by atoms with van der Waals surface area (Å²) in [5.74, 6) is 0.438. The van der Waals surface area contributed by atoms with Crippen LogP contribution in [0.25, 0.3) is 0 Å². The minimum atomic E-state index is -0.312. The Bertz CT molecular complexity index is 547. The Balaban J connectivity index is 1.97. The minimum Gasteiger partial charge on any atom is -0.291 e. The molecule has 0 radical (unpaired) electrons. The molecule has 1 aliphatic carbocycles. The van der Waals surface area contributed by atoms with Crippen molar-refractivity contribution >= 4 is 28.9 Å². The molecule has 0 unspecified atom stereocenters. The van der Waals surface area contributed by atoms with Crippen molar-refractivity contribution in [2.75, 3.05) is 5.01 Å². The van der Waals surface area contributed by atoms with Gasteiger partial charge in [-0.25, -0.2) is 4.99 Å². The minimum absolute atomic E-state index is 0.0218. The second kappa shape index (κ2) is 5.09. The van der Waals surface area contributed by atoms with E-state index in [4.69, 9.17) is 16.6 Å². The molecule has 1 fully saturated rings. The maximum atomic E-state index is 11.7. The standard InChI is InChI=1S/C15H18ClN3O/c1-11(20)14-17-15(9-3-2-4-10-15)19(18-14)13-7-5-12(16)6-8-13/h5-8H,2-4,9-10H2,1H3,(H,17,18). The summed E-state index contributed by atoms with van der Waals surface area (Å²) < 4.78 is 0. The molecule has 0 bridgehead atoms. The van der Waals surface area contributed by atoms with Crippen molar-refractivity contribution in [1.29, 1.82) is 0 Å². The highest BCUT2D eigenvalue weighted by Crippen LogP contribution is 2.39. The van der Waals surface area contributed by atoms with E-state index in [-0.39, 0.29) is 11.4 Å². The predicted octanol–water partition coefficient (Wildman–Crippen LogP) is 3.31. The van der Waals surface area contributed by atoms with E-state index in [1.165, 1.54) is 6.42 Å². The number of ketones is 1. The van der Waals surface area contributed by atoms with E-state index in [9.17, 15) is 4.79 Å². The Morgan fingerprint density at radius 1 is 1.25 bits per heavy atom. The van der Waals surface area contributed by atoms with E-state index in [1.807, 2.05) is 29.3 Å². The van der Waals surface area contributed by atoms with Gasteiger partial charge in [0.2, 0.25) is 0 Å². The first-order chi connectivity index (χ1) is 9.61. The van der Waals surface area contributed by atoms with Crippen LogP contribution in [0, 0.1) is 0 Å². The van der Waals surface area contributed by atoms with Gasteiger partial charge in [0.1, 0.15) is 0 Å². The van der Waals surface area contributed by atoms with E-state index in [1.54, 1.807) is 6.92 Å². The molecule has 1 saturated carbocycles. The van der Waals surface area contributed by atoms with Crippen molar-refractivity contribution in [2.24, 2.45) is 4.99 Å². The van der Waals surface area contributed by atoms with Crippen LogP contribution in [0.5, 0.6) is 0 Å². The van der Waals surface area contributed by atoms with E-state index < -0.39 is 0 Å². The molecule has 20 heavy (non-hydrogen) atoms. The molecule has 0 amide bonds. The highest BCUT2D eigenvalue weighted by Gasteiger charge is 2.44. The van der Waals surface area contributed by atoms with Crippen LogP contribution in [0.2, 0.25) is 5.02 Å². The van der Waals surface area contributed by atoms with Crippen LogP contribution in [-0.2, 0) is 4.79 Å². The predicted molar refractivity (Wildman–Crippen MR) is 81.0 cm³/mol. The van der Waals surface area contributed by atoms with Gasteiger partial charge in [0.25, 0.3) is 0 Å². The SMILES string of the molecule is CC(=O)C1=NC2(CCCCC2)N(c2ccc(Cl)cc2)N1. The lowest BCUT2D eigenvalue weighted by Crippen LogP contribution is -2.51. The molecule has 5 heteroatoms. The number of nitrogens with one attached hydrogen (secondary N) is 1. The number of Topliss-reactive ketones (excluding diaryl/α,β-unsaturated/α-hetero) is 1. The highest BCUT2D eigenvalue weighted by atomic mass is 35.5. The number of amidine groups is 1. The monoisotopic (exact) mass is 291 g/mol. The summed E-state index contributed by atoms with van der Waals surface area (Å²) in [5, 5.41) is 2.75. The smallest absolute Gasteiger partial charge is 0.196 e. The Kier molecular flexibility index (Phi) is 3.42. The maximum absolute atomic E-state index is 11.7. The Morgan fingerprint density at radius 3 is 2.50 bits per heavy atom. The van der Waals surface area contributed by atoms with Gasteiger partial charge in [-0.2, -0.15) is 0 Å². The molecule has 1 spiro atoms. The van der Waals surface area contributed by atoms with Gasteiger partial charge in [0, 0.05) is 11.9 Å². The Labute approximate surface area is 123 Å². The lowest BCUT2D eigenvalue weighted by molar-refractivity contribution is -0.111. The molecule has 0 aromatic heterocycles. The lowest BCUT2D eigenvalue weighted by Gasteiger charge is -2.39. The van der Waals surface area contributed by atoms with Crippen LogP contribution in [0.15, 0.2) is 29.3 Å². The molecule has 106 valence electrons. The zero-order valence-electron chi connectivity index (χ0n) is 11.5. The van der Waals surface area contributed by atoms with Gasteiger partial charge in [-0.3, -0.25) is 15.2 Å². The third kappa shape index (κ3) is 2.29. The van der Waals surface area contributed by atoms with Gasteiger partial charge in [0.15, 0.2) is 17.3 Å². The third-order valence-electron chi connectivity index (χ3n) is 4.03. The van der Waals surface area contributed by atoms with E-state index in [0.717, 1.165) is 31.4 Å². The fraction of sp³-hybridized carbons (Fsp3) is 0.467. The molecule has 1 aliphatic heterocycles. The molecule has 1 aromatic carbocycles. The summed E-state index contributed by atoms with van der Waals surface area (Å²) in [5.41, 5.74) is 3.86. The average molecular weight is 292 g/mol. The molecule has 1 aromatic rings. The van der Waals surface area contributed by atoms with Crippen LogP contribution >= 0.6 is 11.6 Å². The summed E-state index contributed by atoms with van der Waals surface area (Å²) in [6.07, 6.45) is 5.46. The van der Waals surface area contributed by atoms with Gasteiger partial charge in [-0.1, -0.05) is 18.0 Å². The Morgan fingerprint density at radius 2 is 1.90 bits per heavy atom. The second-order valence-electron chi connectivity index (χ2n) is 5.48. The zero-order chi connectivity index (χ0) is 14.2. The van der Waals surface area contributed by atoms with E-state index in [0.29, 0.717) is 10.9 Å². The number of hydrogen-bond acceptors (Lipinski definition) is 4. The molecule has 3 rings (SSSR count).